The molecular formula is C28H25N5. The minimum Gasteiger partial charge on any atom is -0.352 e. The lowest BCUT2D eigenvalue weighted by molar-refractivity contribution is 0.413. The maximum absolute atomic E-state index is 5.13. The van der Waals surface area contributed by atoms with Crippen molar-refractivity contribution in [2.75, 3.05) is 5.32 Å². The fraction of sp³-hybridized carbons (Fsp3) is 0.179. The summed E-state index contributed by atoms with van der Waals surface area (Å²) >= 11 is 0. The number of nitrogens with zero attached hydrogens (tertiary/aromatic N) is 4. The third-order valence-corrected chi connectivity index (χ3v) is 6.38. The van der Waals surface area contributed by atoms with E-state index < -0.39 is 0 Å². The number of nitrogens with one attached hydrogen (secondary N) is 1. The van der Waals surface area contributed by atoms with Gasteiger partial charge in [0.1, 0.15) is 0 Å². The smallest absolute Gasteiger partial charge is 0.0900 e. The summed E-state index contributed by atoms with van der Waals surface area (Å²) in [4.78, 5) is 14.6. The minimum atomic E-state index is 0.386. The molecule has 33 heavy (non-hydrogen) atoms. The molecule has 0 spiro atoms. The summed E-state index contributed by atoms with van der Waals surface area (Å²) in [6.07, 6.45) is 5.37. The van der Waals surface area contributed by atoms with Crippen LogP contribution in [0.3, 0.4) is 0 Å². The highest BCUT2D eigenvalue weighted by Crippen LogP contribution is 2.31. The molecule has 3 aliphatic rings. The highest BCUT2D eigenvalue weighted by molar-refractivity contribution is 5.84. The molecule has 0 radical (unpaired) electrons. The summed E-state index contributed by atoms with van der Waals surface area (Å²) in [5.74, 6) is 0. The second-order valence-corrected chi connectivity index (χ2v) is 8.60. The van der Waals surface area contributed by atoms with Crippen LogP contribution in [-0.4, -0.2) is 20.6 Å². The predicted molar refractivity (Wildman–Crippen MR) is 133 cm³/mol. The molecule has 3 aromatic rings. The van der Waals surface area contributed by atoms with Crippen LogP contribution in [0.5, 0.6) is 0 Å². The third-order valence-electron chi connectivity index (χ3n) is 6.38. The monoisotopic (exact) mass is 431 g/mol. The second kappa shape index (κ2) is 8.17. The zero-order chi connectivity index (χ0) is 22.2. The normalized spacial score (nSPS) is 14.5. The van der Waals surface area contributed by atoms with Crippen molar-refractivity contribution < 1.29 is 0 Å². The molecule has 162 valence electrons. The second-order valence-electron chi connectivity index (χ2n) is 8.60. The third kappa shape index (κ3) is 3.65. The molecule has 1 aliphatic heterocycles. The van der Waals surface area contributed by atoms with E-state index in [-0.39, 0.29) is 0 Å². The van der Waals surface area contributed by atoms with Gasteiger partial charge in [-0.2, -0.15) is 0 Å². The highest BCUT2D eigenvalue weighted by Gasteiger charge is 2.19. The summed E-state index contributed by atoms with van der Waals surface area (Å²) < 4.78 is 2.29. The van der Waals surface area contributed by atoms with Crippen molar-refractivity contribution in [3.8, 4) is 17.1 Å². The Labute approximate surface area is 192 Å². The molecule has 5 nitrogen and oxygen atoms in total. The van der Waals surface area contributed by atoms with Gasteiger partial charge in [-0.3, -0.25) is 9.98 Å². The maximum Gasteiger partial charge on any atom is 0.0900 e. The molecule has 0 bridgehead atoms. The summed E-state index contributed by atoms with van der Waals surface area (Å²) in [5.41, 5.74) is 8.03. The average Bonchev–Trinajstić information content (AvgIpc) is 2.82. The van der Waals surface area contributed by atoms with Gasteiger partial charge in [-0.05, 0) is 74.7 Å². The molecule has 0 unspecified atom stereocenters. The lowest BCUT2D eigenvalue weighted by Gasteiger charge is -2.23. The Kier molecular flexibility index (Phi) is 4.87. The summed E-state index contributed by atoms with van der Waals surface area (Å²) in [6, 6.07) is 27.5. The predicted octanol–water partition coefficient (Wildman–Crippen LogP) is 6.03. The quantitative estimate of drug-likeness (QED) is 0.354. The number of fused-ring (bicyclic) bond motifs is 2. The summed E-state index contributed by atoms with van der Waals surface area (Å²) in [6.45, 7) is 2.02. The number of para-hydroxylation sites is 3. The van der Waals surface area contributed by atoms with Crippen LogP contribution < -0.4 is 10.7 Å². The molecule has 2 aromatic carbocycles. The van der Waals surface area contributed by atoms with Gasteiger partial charge in [-0.15, -0.1) is 0 Å². The maximum atomic E-state index is 5.13. The van der Waals surface area contributed by atoms with Crippen LogP contribution >= 0.6 is 0 Å². The van der Waals surface area contributed by atoms with E-state index in [9.17, 15) is 0 Å². The van der Waals surface area contributed by atoms with Gasteiger partial charge in [0, 0.05) is 11.9 Å². The molecule has 6 rings (SSSR count). The van der Waals surface area contributed by atoms with Gasteiger partial charge in [0.2, 0.25) is 0 Å². The van der Waals surface area contributed by atoms with Crippen LogP contribution in [0.1, 0.15) is 25.0 Å². The Hall–Kier alpha value is -3.99. The van der Waals surface area contributed by atoms with E-state index in [1.807, 2.05) is 31.3 Å². The Morgan fingerprint density at radius 3 is 2.52 bits per heavy atom. The van der Waals surface area contributed by atoms with Crippen molar-refractivity contribution >= 4 is 22.4 Å². The standard InChI is InChI=1S/C28H25N5/c1-19-22(14-8-16-29-19)31-24-17-26-28(18-25(24)30-20-9-7-10-20)33(21-11-3-2-4-12-21)27-15-6-5-13-23(27)32-26/h2-6,8,11-18,20,31H,7,9-10H2,1H3. The molecular weight excluding hydrogens is 406 g/mol. The van der Waals surface area contributed by atoms with Crippen molar-refractivity contribution in [1.82, 2.24) is 14.5 Å². The molecule has 0 saturated heterocycles. The van der Waals surface area contributed by atoms with Crippen molar-refractivity contribution in [1.29, 1.82) is 0 Å². The van der Waals surface area contributed by atoms with Gasteiger partial charge >= 0.3 is 0 Å². The lowest BCUT2D eigenvalue weighted by atomic mass is 9.94. The van der Waals surface area contributed by atoms with Gasteiger partial charge < -0.3 is 9.88 Å². The Balaban J connectivity index is 1.64. The van der Waals surface area contributed by atoms with E-state index >= 15 is 0 Å². The van der Waals surface area contributed by atoms with E-state index in [0.29, 0.717) is 6.04 Å². The van der Waals surface area contributed by atoms with Gasteiger partial charge in [0.25, 0.3) is 0 Å². The van der Waals surface area contributed by atoms with Crippen LogP contribution in [0.15, 0.2) is 90.1 Å². The SMILES string of the molecule is Cc1ncccc1Nc1cc2nc3ccccc3n(-c3ccccc3)c-2cc1=NC1CCC1. The molecule has 1 N–H and O–H groups in total. The molecule has 1 saturated carbocycles. The van der Waals surface area contributed by atoms with E-state index in [2.05, 4.69) is 75.5 Å². The van der Waals surface area contributed by atoms with Crippen LogP contribution in [0.2, 0.25) is 0 Å². The summed E-state index contributed by atoms with van der Waals surface area (Å²) in [5, 5.41) is 4.56. The first-order valence-electron chi connectivity index (χ1n) is 11.5. The molecule has 5 heteroatoms. The number of hydrogen-bond acceptors (Lipinski definition) is 4. The Morgan fingerprint density at radius 2 is 1.73 bits per heavy atom. The highest BCUT2D eigenvalue weighted by atomic mass is 15.0. The number of aromatic nitrogens is 3. The number of rotatable bonds is 4. The number of anilines is 2. The average molecular weight is 432 g/mol. The number of pyridine rings is 1. The fourth-order valence-electron chi connectivity index (χ4n) is 4.38. The molecule has 1 fully saturated rings. The minimum absolute atomic E-state index is 0.386. The van der Waals surface area contributed by atoms with E-state index in [1.54, 1.807) is 0 Å². The number of aryl methyl sites for hydroxylation is 1. The van der Waals surface area contributed by atoms with Crippen molar-refractivity contribution in [3.05, 3.63) is 96.1 Å². The van der Waals surface area contributed by atoms with E-state index in [1.165, 1.54) is 6.42 Å². The summed E-state index contributed by atoms with van der Waals surface area (Å²) in [7, 11) is 0. The van der Waals surface area contributed by atoms with E-state index in [0.717, 1.165) is 63.4 Å². The Bertz CT molecular complexity index is 1480. The first kappa shape index (κ1) is 19.7. The van der Waals surface area contributed by atoms with Crippen LogP contribution in [0.25, 0.3) is 28.1 Å². The molecule has 2 heterocycles. The zero-order valence-corrected chi connectivity index (χ0v) is 18.6. The van der Waals surface area contributed by atoms with Crippen molar-refractivity contribution in [3.63, 3.8) is 0 Å². The van der Waals surface area contributed by atoms with Crippen LogP contribution in [0, 0.1) is 6.92 Å². The van der Waals surface area contributed by atoms with Crippen molar-refractivity contribution in [2.45, 2.75) is 32.2 Å². The van der Waals surface area contributed by atoms with Crippen LogP contribution in [-0.2, 0) is 0 Å². The first-order valence-corrected chi connectivity index (χ1v) is 11.5. The van der Waals surface area contributed by atoms with E-state index in [4.69, 9.17) is 9.98 Å². The van der Waals surface area contributed by atoms with Gasteiger partial charge in [0.15, 0.2) is 0 Å². The van der Waals surface area contributed by atoms with Gasteiger partial charge in [-0.1, -0.05) is 30.3 Å². The Morgan fingerprint density at radius 1 is 0.909 bits per heavy atom. The first-order chi connectivity index (χ1) is 16.3. The number of hydrogen-bond donors (Lipinski definition) is 1. The lowest BCUT2D eigenvalue weighted by Crippen LogP contribution is -2.22. The van der Waals surface area contributed by atoms with Crippen molar-refractivity contribution in [2.24, 2.45) is 4.99 Å². The van der Waals surface area contributed by atoms with Gasteiger partial charge in [0.05, 0.1) is 50.9 Å². The molecule has 0 amide bonds. The van der Waals surface area contributed by atoms with Crippen LogP contribution in [0.4, 0.5) is 11.4 Å². The zero-order valence-electron chi connectivity index (χ0n) is 18.6. The topological polar surface area (TPSA) is 55.1 Å². The molecule has 0 atom stereocenters. The number of benzene rings is 3. The largest absolute Gasteiger partial charge is 0.352 e. The fourth-order valence-corrected chi connectivity index (χ4v) is 4.38. The van der Waals surface area contributed by atoms with Gasteiger partial charge in [-0.25, -0.2) is 4.98 Å². The molecule has 1 aromatic heterocycles. The molecule has 2 aliphatic carbocycles.